The van der Waals surface area contributed by atoms with E-state index in [9.17, 15) is 4.79 Å². The molecule has 0 heterocycles. The lowest BCUT2D eigenvalue weighted by molar-refractivity contribution is -0.118. The first kappa shape index (κ1) is 7.06. The Balaban J connectivity index is 2.12. The summed E-state index contributed by atoms with van der Waals surface area (Å²) in [5.41, 5.74) is 0. The van der Waals surface area contributed by atoms with Gasteiger partial charge in [0.15, 0.2) is 0 Å². The summed E-state index contributed by atoms with van der Waals surface area (Å²) >= 11 is 3.08. The van der Waals surface area contributed by atoms with E-state index < -0.39 is 0 Å². The van der Waals surface area contributed by atoms with Crippen molar-refractivity contribution < 1.29 is 4.79 Å². The molecule has 0 aromatic rings. The van der Waals surface area contributed by atoms with Gasteiger partial charge in [-0.2, -0.15) is 0 Å². The second-order valence-corrected chi connectivity index (χ2v) is 3.08. The highest BCUT2D eigenvalue weighted by Crippen LogP contribution is 2.28. The van der Waals surface area contributed by atoms with Crippen LogP contribution in [0.5, 0.6) is 0 Å². The van der Waals surface area contributed by atoms with Crippen LogP contribution in [0.25, 0.3) is 0 Å². The van der Waals surface area contributed by atoms with E-state index >= 15 is 0 Å². The molecule has 2 nitrogen and oxygen atoms in total. The van der Waals surface area contributed by atoms with Crippen molar-refractivity contribution in [3.63, 3.8) is 0 Å². The van der Waals surface area contributed by atoms with Gasteiger partial charge in [-0.05, 0) is 12.3 Å². The molecule has 0 radical (unpaired) electrons. The van der Waals surface area contributed by atoms with Gasteiger partial charge in [0.2, 0.25) is 5.91 Å². The Morgan fingerprint density at radius 3 is 2.78 bits per heavy atom. The first-order chi connectivity index (χ1) is 4.24. The molecule has 1 fully saturated rings. The van der Waals surface area contributed by atoms with Crippen molar-refractivity contribution in [3.05, 3.63) is 0 Å². The number of rotatable bonds is 2. The molecule has 1 amide bonds. The van der Waals surface area contributed by atoms with E-state index in [0.717, 1.165) is 6.42 Å². The first-order valence-corrected chi connectivity index (χ1v) is 4.21. The minimum absolute atomic E-state index is 0.101. The molecule has 1 aliphatic rings. The van der Waals surface area contributed by atoms with Crippen molar-refractivity contribution in [1.82, 2.24) is 5.32 Å². The lowest BCUT2D eigenvalue weighted by atomic mass is 10.5. The highest BCUT2D eigenvalue weighted by Gasteiger charge is 2.33. The molecule has 3 heteroatoms. The standard InChI is InChI=1S/C6H10BrNO/c1-4-2-5(4)8-6(9)3-7/h4-5H,2-3H2,1H3,(H,8,9). The van der Waals surface area contributed by atoms with Gasteiger partial charge in [0.25, 0.3) is 0 Å². The number of amides is 1. The Hall–Kier alpha value is -0.0500. The van der Waals surface area contributed by atoms with Crippen molar-refractivity contribution in [2.75, 3.05) is 5.33 Å². The van der Waals surface area contributed by atoms with Gasteiger partial charge >= 0.3 is 0 Å². The number of hydrogen-bond donors (Lipinski definition) is 1. The summed E-state index contributed by atoms with van der Waals surface area (Å²) in [6.07, 6.45) is 1.15. The summed E-state index contributed by atoms with van der Waals surface area (Å²) in [6, 6.07) is 0.468. The van der Waals surface area contributed by atoms with E-state index in [-0.39, 0.29) is 5.91 Å². The zero-order chi connectivity index (χ0) is 6.85. The van der Waals surface area contributed by atoms with Gasteiger partial charge in [0.1, 0.15) is 0 Å². The molecule has 1 rings (SSSR count). The predicted molar refractivity (Wildman–Crippen MR) is 39.5 cm³/mol. The van der Waals surface area contributed by atoms with E-state index in [2.05, 4.69) is 28.2 Å². The molecule has 2 atom stereocenters. The summed E-state index contributed by atoms with van der Waals surface area (Å²) in [5, 5.41) is 3.29. The van der Waals surface area contributed by atoms with Crippen LogP contribution in [-0.4, -0.2) is 17.3 Å². The Labute approximate surface area is 63.1 Å². The minimum Gasteiger partial charge on any atom is -0.352 e. The third kappa shape index (κ3) is 1.97. The maximum atomic E-state index is 10.6. The van der Waals surface area contributed by atoms with Gasteiger partial charge in [-0.25, -0.2) is 0 Å². The molecule has 0 aliphatic heterocycles. The van der Waals surface area contributed by atoms with Gasteiger partial charge < -0.3 is 5.32 Å². The summed E-state index contributed by atoms with van der Waals surface area (Å²) in [6.45, 7) is 2.14. The highest BCUT2D eigenvalue weighted by atomic mass is 79.9. The number of alkyl halides is 1. The number of nitrogens with one attached hydrogen (secondary N) is 1. The van der Waals surface area contributed by atoms with Crippen LogP contribution in [0.3, 0.4) is 0 Å². The van der Waals surface area contributed by atoms with Crippen LogP contribution in [0.1, 0.15) is 13.3 Å². The minimum atomic E-state index is 0.101. The van der Waals surface area contributed by atoms with Crippen LogP contribution in [-0.2, 0) is 4.79 Å². The van der Waals surface area contributed by atoms with Crippen LogP contribution >= 0.6 is 15.9 Å². The van der Waals surface area contributed by atoms with E-state index in [1.165, 1.54) is 0 Å². The maximum Gasteiger partial charge on any atom is 0.230 e. The normalized spacial score (nSPS) is 31.8. The molecule has 1 aliphatic carbocycles. The topological polar surface area (TPSA) is 29.1 Å². The molecule has 0 spiro atoms. The molecule has 0 bridgehead atoms. The number of halogens is 1. The molecule has 0 aromatic carbocycles. The number of hydrogen-bond acceptors (Lipinski definition) is 1. The fraction of sp³-hybridized carbons (Fsp3) is 0.833. The van der Waals surface area contributed by atoms with E-state index in [4.69, 9.17) is 0 Å². The van der Waals surface area contributed by atoms with Gasteiger partial charge in [-0.1, -0.05) is 22.9 Å². The van der Waals surface area contributed by atoms with Crippen molar-refractivity contribution in [2.24, 2.45) is 5.92 Å². The third-order valence-electron chi connectivity index (χ3n) is 1.58. The van der Waals surface area contributed by atoms with Crippen LogP contribution in [0.15, 0.2) is 0 Å². The molecule has 1 saturated carbocycles. The molecule has 2 unspecified atom stereocenters. The monoisotopic (exact) mass is 191 g/mol. The van der Waals surface area contributed by atoms with Crippen molar-refractivity contribution >= 4 is 21.8 Å². The number of carbonyl (C=O) groups excluding carboxylic acids is 1. The molecule has 52 valence electrons. The first-order valence-electron chi connectivity index (χ1n) is 3.09. The highest BCUT2D eigenvalue weighted by molar-refractivity contribution is 9.09. The molecular formula is C6H10BrNO. The molecular weight excluding hydrogens is 182 g/mol. The SMILES string of the molecule is CC1CC1NC(=O)CBr. The van der Waals surface area contributed by atoms with Crippen LogP contribution in [0.2, 0.25) is 0 Å². The van der Waals surface area contributed by atoms with Crippen molar-refractivity contribution in [2.45, 2.75) is 19.4 Å². The Morgan fingerprint density at radius 2 is 2.44 bits per heavy atom. The van der Waals surface area contributed by atoms with E-state index in [1.54, 1.807) is 0 Å². The zero-order valence-electron chi connectivity index (χ0n) is 5.36. The summed E-state index contributed by atoms with van der Waals surface area (Å²) in [4.78, 5) is 10.6. The van der Waals surface area contributed by atoms with Gasteiger partial charge in [-0.3, -0.25) is 4.79 Å². The van der Waals surface area contributed by atoms with Crippen LogP contribution in [0, 0.1) is 5.92 Å². The molecule has 9 heavy (non-hydrogen) atoms. The Morgan fingerprint density at radius 1 is 1.89 bits per heavy atom. The summed E-state index contributed by atoms with van der Waals surface area (Å²) < 4.78 is 0. The Kier molecular flexibility index (Phi) is 2.11. The van der Waals surface area contributed by atoms with Crippen molar-refractivity contribution in [3.8, 4) is 0 Å². The molecule has 0 saturated heterocycles. The lowest BCUT2D eigenvalue weighted by Gasteiger charge is -1.97. The maximum absolute atomic E-state index is 10.6. The molecule has 0 aromatic heterocycles. The van der Waals surface area contributed by atoms with E-state index in [1.807, 2.05) is 0 Å². The average molecular weight is 192 g/mol. The average Bonchev–Trinajstić information content (AvgIpc) is 2.47. The van der Waals surface area contributed by atoms with Crippen LogP contribution in [0.4, 0.5) is 0 Å². The Bertz CT molecular complexity index is 126. The smallest absolute Gasteiger partial charge is 0.230 e. The quantitative estimate of drug-likeness (QED) is 0.647. The van der Waals surface area contributed by atoms with Gasteiger partial charge in [-0.15, -0.1) is 0 Å². The van der Waals surface area contributed by atoms with E-state index in [0.29, 0.717) is 17.3 Å². The summed E-state index contributed by atoms with van der Waals surface area (Å²) in [5.74, 6) is 0.803. The van der Waals surface area contributed by atoms with Gasteiger partial charge in [0.05, 0.1) is 5.33 Å². The second-order valence-electron chi connectivity index (χ2n) is 2.52. The van der Waals surface area contributed by atoms with Crippen molar-refractivity contribution in [1.29, 1.82) is 0 Å². The largest absolute Gasteiger partial charge is 0.352 e. The zero-order valence-corrected chi connectivity index (χ0v) is 6.94. The fourth-order valence-electron chi connectivity index (χ4n) is 0.769. The second kappa shape index (κ2) is 2.69. The molecule has 1 N–H and O–H groups in total. The van der Waals surface area contributed by atoms with Crippen LogP contribution < -0.4 is 5.32 Å². The number of carbonyl (C=O) groups is 1. The third-order valence-corrected chi connectivity index (χ3v) is 2.09. The summed E-state index contributed by atoms with van der Waals surface area (Å²) in [7, 11) is 0. The fourth-order valence-corrected chi connectivity index (χ4v) is 0.930. The van der Waals surface area contributed by atoms with Gasteiger partial charge in [0, 0.05) is 6.04 Å². The lowest BCUT2D eigenvalue weighted by Crippen LogP contribution is -2.27. The predicted octanol–water partition coefficient (Wildman–Crippen LogP) is 0.906.